The highest BCUT2D eigenvalue weighted by Gasteiger charge is 2.51. The van der Waals surface area contributed by atoms with Crippen molar-refractivity contribution in [2.75, 3.05) is 20.2 Å². The second-order valence-corrected chi connectivity index (χ2v) is 9.84. The van der Waals surface area contributed by atoms with Crippen LogP contribution in [0.3, 0.4) is 0 Å². The van der Waals surface area contributed by atoms with Crippen molar-refractivity contribution < 1.29 is 24.1 Å². The maximum atomic E-state index is 11.3. The van der Waals surface area contributed by atoms with Gasteiger partial charge in [0.25, 0.3) is 0 Å². The number of aromatic carboxylic acids is 1. The first-order valence-electron chi connectivity index (χ1n) is 11.4. The minimum absolute atomic E-state index is 0.0414. The first kappa shape index (κ1) is 21.3. The summed E-state index contributed by atoms with van der Waals surface area (Å²) in [6, 6.07) is 13.3. The van der Waals surface area contributed by atoms with Crippen molar-refractivity contribution in [2.45, 2.75) is 51.0 Å². The Morgan fingerprint density at radius 1 is 1.25 bits per heavy atom. The minimum Gasteiger partial charge on any atom is -0.497 e. The molecule has 3 aliphatic heterocycles. The number of likely N-dealkylation sites (tertiary alicyclic amines) is 1. The van der Waals surface area contributed by atoms with Crippen molar-refractivity contribution >= 4 is 5.97 Å². The molecule has 2 aromatic rings. The molecule has 5 rings (SSSR count). The molecule has 32 heavy (non-hydrogen) atoms. The summed E-state index contributed by atoms with van der Waals surface area (Å²) < 4.78 is 18.6. The van der Waals surface area contributed by atoms with E-state index in [1.807, 2.05) is 24.3 Å². The summed E-state index contributed by atoms with van der Waals surface area (Å²) in [5.74, 6) is 1.50. The van der Waals surface area contributed by atoms with Gasteiger partial charge in [0.15, 0.2) is 0 Å². The van der Waals surface area contributed by atoms with E-state index in [2.05, 4.69) is 24.8 Å². The summed E-state index contributed by atoms with van der Waals surface area (Å²) in [5, 5.41) is 9.28. The van der Waals surface area contributed by atoms with Gasteiger partial charge in [-0.25, -0.2) is 4.79 Å². The highest BCUT2D eigenvalue weighted by molar-refractivity contribution is 5.87. The largest absolute Gasteiger partial charge is 0.497 e. The summed E-state index contributed by atoms with van der Waals surface area (Å²) in [5.41, 5.74) is 2.19. The standard InChI is InChI=1S/C26H31NO5/c1-26(2)21-12-18-15-27(14-16-5-4-6-17(11-16)25(28)29)10-9-22(18)31-24(21)20-8-7-19(30-3)13-23(20)32-26/h4-8,11,13,18,21-22,24H,9-10,12,14-15H2,1-3H3,(H,28,29)/t18-,21+,22+,24-/m1/s1. The van der Waals surface area contributed by atoms with E-state index in [1.165, 1.54) is 0 Å². The molecule has 3 aliphatic rings. The van der Waals surface area contributed by atoms with Gasteiger partial charge in [0.2, 0.25) is 0 Å². The maximum Gasteiger partial charge on any atom is 0.335 e. The van der Waals surface area contributed by atoms with Gasteiger partial charge in [-0.3, -0.25) is 4.90 Å². The smallest absolute Gasteiger partial charge is 0.335 e. The molecule has 0 bridgehead atoms. The van der Waals surface area contributed by atoms with Crippen LogP contribution in [0.5, 0.6) is 11.5 Å². The van der Waals surface area contributed by atoms with Crippen LogP contribution in [0.2, 0.25) is 0 Å². The summed E-state index contributed by atoms with van der Waals surface area (Å²) in [6.45, 7) is 6.99. The van der Waals surface area contributed by atoms with Gasteiger partial charge < -0.3 is 19.3 Å². The Morgan fingerprint density at radius 2 is 2.09 bits per heavy atom. The fraction of sp³-hybridized carbons (Fsp3) is 0.500. The van der Waals surface area contributed by atoms with Crippen molar-refractivity contribution in [3.63, 3.8) is 0 Å². The molecule has 0 saturated carbocycles. The number of rotatable bonds is 4. The zero-order valence-electron chi connectivity index (χ0n) is 18.9. The monoisotopic (exact) mass is 437 g/mol. The zero-order valence-corrected chi connectivity index (χ0v) is 18.9. The molecule has 0 unspecified atom stereocenters. The van der Waals surface area contributed by atoms with Crippen LogP contribution in [-0.2, 0) is 11.3 Å². The summed E-state index contributed by atoms with van der Waals surface area (Å²) in [7, 11) is 1.67. The Labute approximate surface area is 189 Å². The molecule has 170 valence electrons. The highest BCUT2D eigenvalue weighted by atomic mass is 16.5. The molecular weight excluding hydrogens is 406 g/mol. The molecule has 0 radical (unpaired) electrons. The van der Waals surface area contributed by atoms with Crippen molar-refractivity contribution in [2.24, 2.45) is 11.8 Å². The summed E-state index contributed by atoms with van der Waals surface area (Å²) in [4.78, 5) is 13.7. The van der Waals surface area contributed by atoms with Crippen molar-refractivity contribution in [3.8, 4) is 11.5 Å². The molecule has 0 aliphatic carbocycles. The number of carboxylic acid groups (broad SMARTS) is 1. The van der Waals surface area contributed by atoms with Gasteiger partial charge in [0.05, 0.1) is 24.9 Å². The van der Waals surface area contributed by atoms with Gasteiger partial charge in [-0.1, -0.05) is 12.1 Å². The Bertz CT molecular complexity index is 1020. The van der Waals surface area contributed by atoms with E-state index in [9.17, 15) is 9.90 Å². The number of fused-ring (bicyclic) bond motifs is 4. The topological polar surface area (TPSA) is 68.2 Å². The average molecular weight is 438 g/mol. The summed E-state index contributed by atoms with van der Waals surface area (Å²) >= 11 is 0. The summed E-state index contributed by atoms with van der Waals surface area (Å²) in [6.07, 6.45) is 2.32. The fourth-order valence-corrected chi connectivity index (χ4v) is 5.69. The number of methoxy groups -OCH3 is 1. The second kappa shape index (κ2) is 8.09. The lowest BCUT2D eigenvalue weighted by molar-refractivity contribution is -0.187. The van der Waals surface area contributed by atoms with Crippen LogP contribution in [0.15, 0.2) is 42.5 Å². The van der Waals surface area contributed by atoms with E-state index in [0.717, 1.165) is 55.1 Å². The number of ether oxygens (including phenoxy) is 3. The van der Waals surface area contributed by atoms with E-state index >= 15 is 0 Å². The molecular formula is C26H31NO5. The molecule has 6 heteroatoms. The van der Waals surface area contributed by atoms with Gasteiger partial charge in [-0.2, -0.15) is 0 Å². The third kappa shape index (κ3) is 3.86. The Kier molecular flexibility index (Phi) is 5.38. The molecule has 2 saturated heterocycles. The zero-order chi connectivity index (χ0) is 22.5. The van der Waals surface area contributed by atoms with Crippen LogP contribution >= 0.6 is 0 Å². The lowest BCUT2D eigenvalue weighted by Crippen LogP contribution is -2.55. The highest BCUT2D eigenvalue weighted by Crippen LogP contribution is 2.53. The van der Waals surface area contributed by atoms with Crippen LogP contribution in [-0.4, -0.2) is 47.9 Å². The van der Waals surface area contributed by atoms with E-state index in [0.29, 0.717) is 11.5 Å². The predicted molar refractivity (Wildman–Crippen MR) is 120 cm³/mol. The lowest BCUT2D eigenvalue weighted by atomic mass is 9.70. The van der Waals surface area contributed by atoms with Gasteiger partial charge in [0.1, 0.15) is 17.1 Å². The van der Waals surface area contributed by atoms with Gasteiger partial charge in [-0.05, 0) is 62.4 Å². The fourth-order valence-electron chi connectivity index (χ4n) is 5.69. The normalized spacial score (nSPS) is 28.6. The lowest BCUT2D eigenvalue weighted by Gasteiger charge is -2.53. The van der Waals surface area contributed by atoms with E-state index in [1.54, 1.807) is 19.2 Å². The molecule has 0 spiro atoms. The Hall–Kier alpha value is -2.57. The second-order valence-electron chi connectivity index (χ2n) is 9.84. The molecule has 2 aromatic carbocycles. The third-order valence-corrected chi connectivity index (χ3v) is 7.37. The average Bonchev–Trinajstić information content (AvgIpc) is 2.77. The first-order chi connectivity index (χ1) is 15.3. The maximum absolute atomic E-state index is 11.3. The molecule has 6 nitrogen and oxygen atoms in total. The van der Waals surface area contributed by atoms with E-state index in [4.69, 9.17) is 14.2 Å². The van der Waals surface area contributed by atoms with Crippen LogP contribution in [0.25, 0.3) is 0 Å². The van der Waals surface area contributed by atoms with E-state index in [-0.39, 0.29) is 23.7 Å². The quantitative estimate of drug-likeness (QED) is 0.758. The molecule has 2 fully saturated rings. The van der Waals surface area contributed by atoms with Crippen LogP contribution < -0.4 is 9.47 Å². The number of benzene rings is 2. The van der Waals surface area contributed by atoms with E-state index < -0.39 is 5.97 Å². The van der Waals surface area contributed by atoms with Gasteiger partial charge in [-0.15, -0.1) is 0 Å². The van der Waals surface area contributed by atoms with Gasteiger partial charge in [0, 0.05) is 37.2 Å². The molecule has 4 atom stereocenters. The predicted octanol–water partition coefficient (Wildman–Crippen LogP) is 4.53. The number of piperidine rings is 1. The minimum atomic E-state index is -0.880. The number of hydrogen-bond donors (Lipinski definition) is 1. The molecule has 1 N–H and O–H groups in total. The number of carbonyl (C=O) groups is 1. The molecule has 3 heterocycles. The number of hydrogen-bond acceptors (Lipinski definition) is 5. The number of carboxylic acids is 1. The Morgan fingerprint density at radius 3 is 2.88 bits per heavy atom. The third-order valence-electron chi connectivity index (χ3n) is 7.37. The Balaban J connectivity index is 1.32. The van der Waals surface area contributed by atoms with Crippen LogP contribution in [0.1, 0.15) is 54.3 Å². The van der Waals surface area contributed by atoms with Crippen molar-refractivity contribution in [1.82, 2.24) is 4.90 Å². The molecule has 0 aromatic heterocycles. The van der Waals surface area contributed by atoms with Crippen LogP contribution in [0.4, 0.5) is 0 Å². The SMILES string of the molecule is COc1ccc2c(c1)OC(C)(C)[C@H]1C[C@@H]3CN(Cc4cccc(C(=O)O)c4)CC[C@@H]3O[C@H]21. The number of nitrogens with zero attached hydrogens (tertiary/aromatic N) is 1. The first-order valence-corrected chi connectivity index (χ1v) is 11.4. The van der Waals surface area contributed by atoms with Crippen LogP contribution in [0, 0.1) is 11.8 Å². The van der Waals surface area contributed by atoms with Crippen molar-refractivity contribution in [1.29, 1.82) is 0 Å². The van der Waals surface area contributed by atoms with Gasteiger partial charge >= 0.3 is 5.97 Å². The van der Waals surface area contributed by atoms with Crippen molar-refractivity contribution in [3.05, 3.63) is 59.2 Å². The molecule has 0 amide bonds.